The lowest BCUT2D eigenvalue weighted by Gasteiger charge is -2.32. The van der Waals surface area contributed by atoms with E-state index in [2.05, 4.69) is 10.3 Å². The van der Waals surface area contributed by atoms with Crippen LogP contribution < -0.4 is 5.32 Å². The van der Waals surface area contributed by atoms with Crippen LogP contribution in [0.4, 0.5) is 15.0 Å². The monoisotopic (exact) mass is 423 g/mol. The lowest BCUT2D eigenvalue weighted by atomic mass is 9.89. The van der Waals surface area contributed by atoms with Gasteiger partial charge >= 0.3 is 12.0 Å². The third-order valence-electron chi connectivity index (χ3n) is 6.08. The number of amides is 2. The van der Waals surface area contributed by atoms with Crippen LogP contribution in [0, 0.1) is 5.82 Å². The Kier molecular flexibility index (Phi) is 5.93. The first-order valence-electron chi connectivity index (χ1n) is 10.6. The van der Waals surface area contributed by atoms with E-state index < -0.39 is 5.97 Å². The highest BCUT2D eigenvalue weighted by Crippen LogP contribution is 2.35. The molecule has 162 valence electrons. The molecule has 4 rings (SSSR count). The maximum Gasteiger partial charge on any atom is 0.322 e. The number of aromatic nitrogens is 1. The number of nitrogens with one attached hydrogen (secondary N) is 2. The predicted molar refractivity (Wildman–Crippen MR) is 118 cm³/mol. The van der Waals surface area contributed by atoms with E-state index in [1.807, 2.05) is 43.3 Å². The number of likely N-dealkylation sites (tertiary alicyclic amines) is 1. The average molecular weight is 423 g/mol. The first-order valence-corrected chi connectivity index (χ1v) is 10.6. The van der Waals surface area contributed by atoms with Gasteiger partial charge in [0.2, 0.25) is 0 Å². The van der Waals surface area contributed by atoms with Gasteiger partial charge < -0.3 is 15.0 Å². The molecule has 6 nitrogen and oxygen atoms in total. The fourth-order valence-corrected chi connectivity index (χ4v) is 4.52. The van der Waals surface area contributed by atoms with Gasteiger partial charge in [-0.1, -0.05) is 43.3 Å². The highest BCUT2D eigenvalue weighted by Gasteiger charge is 2.27. The van der Waals surface area contributed by atoms with Crippen molar-refractivity contribution in [1.29, 1.82) is 0 Å². The molecule has 3 N–H and O–H groups in total. The zero-order valence-corrected chi connectivity index (χ0v) is 17.4. The van der Waals surface area contributed by atoms with E-state index in [1.54, 1.807) is 11.0 Å². The molecule has 1 unspecified atom stereocenters. The number of nitrogens with zero attached hydrogens (tertiary/aromatic N) is 1. The number of benzene rings is 2. The Labute approximate surface area is 180 Å². The predicted octanol–water partition coefficient (Wildman–Crippen LogP) is 5.30. The Morgan fingerprint density at radius 2 is 1.84 bits per heavy atom. The maximum absolute atomic E-state index is 14.1. The number of hydrogen-bond acceptors (Lipinski definition) is 2. The summed E-state index contributed by atoms with van der Waals surface area (Å²) in [6, 6.07) is 14.2. The first-order chi connectivity index (χ1) is 14.9. The number of carboxylic acid groups (broad SMARTS) is 1. The number of aromatic amines is 1. The molecule has 0 bridgehead atoms. The summed E-state index contributed by atoms with van der Waals surface area (Å²) >= 11 is 0. The highest BCUT2D eigenvalue weighted by molar-refractivity contribution is 5.96. The van der Waals surface area contributed by atoms with Crippen LogP contribution in [0.3, 0.4) is 0 Å². The number of fused-ring (bicyclic) bond motifs is 1. The van der Waals surface area contributed by atoms with Crippen molar-refractivity contribution in [3.8, 4) is 0 Å². The van der Waals surface area contributed by atoms with Gasteiger partial charge in [0.25, 0.3) is 0 Å². The molecule has 1 atom stereocenters. The van der Waals surface area contributed by atoms with Crippen LogP contribution in [-0.4, -0.2) is 40.1 Å². The third-order valence-corrected chi connectivity index (χ3v) is 6.08. The van der Waals surface area contributed by atoms with Gasteiger partial charge in [0.1, 0.15) is 11.6 Å². The Hall–Kier alpha value is -3.35. The van der Waals surface area contributed by atoms with E-state index >= 15 is 0 Å². The number of rotatable bonds is 5. The van der Waals surface area contributed by atoms with Gasteiger partial charge in [-0.25, -0.2) is 9.18 Å². The summed E-state index contributed by atoms with van der Waals surface area (Å²) in [6.45, 7) is 2.91. The van der Waals surface area contributed by atoms with E-state index in [0.29, 0.717) is 37.3 Å². The molecular weight excluding hydrogens is 397 g/mol. The molecule has 2 amide bonds. The number of H-pyrrole nitrogens is 1. The summed E-state index contributed by atoms with van der Waals surface area (Å²) in [6.07, 6.45) is 1.37. The minimum Gasteiger partial charge on any atom is -0.481 e. The second kappa shape index (κ2) is 8.79. The summed E-state index contributed by atoms with van der Waals surface area (Å²) in [5.41, 5.74) is 2.36. The molecule has 7 heteroatoms. The summed E-state index contributed by atoms with van der Waals surface area (Å²) in [5.74, 6) is -0.706. The van der Waals surface area contributed by atoms with E-state index in [9.17, 15) is 19.1 Å². The molecule has 1 aliphatic rings. The fourth-order valence-electron chi connectivity index (χ4n) is 4.52. The summed E-state index contributed by atoms with van der Waals surface area (Å²) < 4.78 is 14.1. The zero-order valence-electron chi connectivity index (χ0n) is 17.4. The summed E-state index contributed by atoms with van der Waals surface area (Å²) in [5, 5.41) is 13.1. The number of piperidine rings is 1. The van der Waals surface area contributed by atoms with Crippen molar-refractivity contribution in [2.75, 3.05) is 18.4 Å². The van der Waals surface area contributed by atoms with Gasteiger partial charge in [-0.2, -0.15) is 0 Å². The van der Waals surface area contributed by atoms with Crippen molar-refractivity contribution in [3.63, 3.8) is 0 Å². The van der Waals surface area contributed by atoms with E-state index in [-0.39, 0.29) is 30.1 Å². The van der Waals surface area contributed by atoms with Crippen LogP contribution in [0.15, 0.2) is 48.5 Å². The number of carbonyl (C=O) groups is 2. The van der Waals surface area contributed by atoms with Crippen LogP contribution in [0.2, 0.25) is 0 Å². The number of para-hydroxylation sites is 1. The minimum atomic E-state index is -0.884. The molecule has 1 aromatic heterocycles. The average Bonchev–Trinajstić information content (AvgIpc) is 3.11. The largest absolute Gasteiger partial charge is 0.481 e. The number of halogens is 1. The van der Waals surface area contributed by atoms with Crippen molar-refractivity contribution in [2.24, 2.45) is 0 Å². The van der Waals surface area contributed by atoms with Crippen molar-refractivity contribution >= 4 is 28.7 Å². The normalized spacial score (nSPS) is 15.7. The SMILES string of the molecule is CC(CC(=O)O)c1c(NC(=O)N2CCC(c3ccccc3F)CC2)[nH]c2ccccc12. The summed E-state index contributed by atoms with van der Waals surface area (Å²) in [4.78, 5) is 29.2. The molecule has 1 fully saturated rings. The number of carbonyl (C=O) groups excluding carboxylic acids is 1. The smallest absolute Gasteiger partial charge is 0.322 e. The van der Waals surface area contributed by atoms with Crippen LogP contribution in [0.25, 0.3) is 10.9 Å². The van der Waals surface area contributed by atoms with Crippen LogP contribution in [0.5, 0.6) is 0 Å². The zero-order chi connectivity index (χ0) is 22.0. The van der Waals surface area contributed by atoms with Crippen molar-refractivity contribution in [1.82, 2.24) is 9.88 Å². The van der Waals surface area contributed by atoms with Gasteiger partial charge in [0.05, 0.1) is 6.42 Å². The van der Waals surface area contributed by atoms with E-state index in [1.165, 1.54) is 6.07 Å². The molecule has 31 heavy (non-hydrogen) atoms. The number of aliphatic carboxylic acids is 1. The Morgan fingerprint density at radius 3 is 2.55 bits per heavy atom. The topological polar surface area (TPSA) is 85.4 Å². The standard InChI is InChI=1S/C24H26FN3O3/c1-15(14-21(29)30)22-18-7-3-5-9-20(18)26-23(22)27-24(31)28-12-10-16(11-13-28)17-6-2-4-8-19(17)25/h2-9,15-16,26H,10-14H2,1H3,(H,27,31)(H,29,30). The Balaban J connectivity index is 1.49. The maximum atomic E-state index is 14.1. The van der Waals surface area contributed by atoms with Crippen LogP contribution in [-0.2, 0) is 4.79 Å². The number of hydrogen-bond donors (Lipinski definition) is 3. The number of carboxylic acids is 1. The molecule has 1 saturated heterocycles. The van der Waals surface area contributed by atoms with Crippen molar-refractivity contribution in [3.05, 3.63) is 65.5 Å². The molecule has 0 radical (unpaired) electrons. The Bertz CT molecular complexity index is 1100. The van der Waals surface area contributed by atoms with Crippen molar-refractivity contribution in [2.45, 2.75) is 38.0 Å². The molecule has 0 aliphatic carbocycles. The molecule has 1 aliphatic heterocycles. The number of urea groups is 1. The molecule has 0 saturated carbocycles. The minimum absolute atomic E-state index is 0.0290. The molecule has 2 aromatic carbocycles. The van der Waals surface area contributed by atoms with E-state index in [0.717, 1.165) is 16.5 Å². The lowest BCUT2D eigenvalue weighted by molar-refractivity contribution is -0.137. The Morgan fingerprint density at radius 1 is 1.16 bits per heavy atom. The van der Waals surface area contributed by atoms with Crippen LogP contribution in [0.1, 0.15) is 49.1 Å². The molecule has 0 spiro atoms. The van der Waals surface area contributed by atoms with Crippen LogP contribution >= 0.6 is 0 Å². The number of anilines is 1. The van der Waals surface area contributed by atoms with E-state index in [4.69, 9.17) is 0 Å². The third kappa shape index (κ3) is 4.40. The van der Waals surface area contributed by atoms with Gasteiger partial charge in [-0.05, 0) is 42.4 Å². The quantitative estimate of drug-likeness (QED) is 0.521. The second-order valence-electron chi connectivity index (χ2n) is 8.17. The lowest BCUT2D eigenvalue weighted by Crippen LogP contribution is -2.40. The molecule has 3 aromatic rings. The summed E-state index contributed by atoms with van der Waals surface area (Å²) in [7, 11) is 0. The first kappa shape index (κ1) is 20.9. The molecule has 2 heterocycles. The van der Waals surface area contributed by atoms with Gasteiger partial charge in [-0.15, -0.1) is 0 Å². The fraction of sp³-hybridized carbons (Fsp3) is 0.333. The van der Waals surface area contributed by atoms with Gasteiger partial charge in [0, 0.05) is 29.6 Å². The molecular formula is C24H26FN3O3. The van der Waals surface area contributed by atoms with Gasteiger partial charge in [0.15, 0.2) is 0 Å². The highest BCUT2D eigenvalue weighted by atomic mass is 19.1. The second-order valence-corrected chi connectivity index (χ2v) is 8.17. The van der Waals surface area contributed by atoms with Crippen molar-refractivity contribution < 1.29 is 19.1 Å². The van der Waals surface area contributed by atoms with Gasteiger partial charge in [-0.3, -0.25) is 10.1 Å².